The van der Waals surface area contributed by atoms with Crippen LogP contribution in [0, 0.1) is 5.92 Å². The highest BCUT2D eigenvalue weighted by Gasteiger charge is 2.29. The average molecular weight is 274 g/mol. The Labute approximate surface area is 122 Å². The minimum Gasteiger partial charge on any atom is -0.326 e. The lowest BCUT2D eigenvalue weighted by molar-refractivity contribution is -0.122. The Morgan fingerprint density at radius 1 is 1.40 bits per heavy atom. The first-order valence-electron chi connectivity index (χ1n) is 7.82. The van der Waals surface area contributed by atoms with Gasteiger partial charge in [0.25, 0.3) is 0 Å². The molecule has 2 rings (SSSR count). The van der Waals surface area contributed by atoms with Crippen molar-refractivity contribution in [3.8, 4) is 0 Å². The van der Waals surface area contributed by atoms with Crippen molar-refractivity contribution in [1.29, 1.82) is 0 Å². The fourth-order valence-electron chi connectivity index (χ4n) is 3.01. The third-order valence-electron chi connectivity index (χ3n) is 4.20. The van der Waals surface area contributed by atoms with Gasteiger partial charge >= 0.3 is 0 Å². The van der Waals surface area contributed by atoms with Gasteiger partial charge in [0.1, 0.15) is 0 Å². The molecule has 1 aromatic rings. The molecule has 2 atom stereocenters. The topological polar surface area (TPSA) is 46.3 Å². The third-order valence-corrected chi connectivity index (χ3v) is 4.20. The van der Waals surface area contributed by atoms with Crippen LogP contribution in [0.15, 0.2) is 24.3 Å². The van der Waals surface area contributed by atoms with Crippen LogP contribution in [0.5, 0.6) is 0 Å². The highest BCUT2D eigenvalue weighted by Crippen LogP contribution is 2.29. The molecule has 1 aromatic carbocycles. The molecule has 3 heteroatoms. The second-order valence-corrected chi connectivity index (χ2v) is 5.79. The maximum atomic E-state index is 12.8. The molecule has 110 valence electrons. The van der Waals surface area contributed by atoms with E-state index in [-0.39, 0.29) is 17.9 Å². The minimum atomic E-state index is 0.0533. The van der Waals surface area contributed by atoms with Crippen LogP contribution in [-0.4, -0.2) is 18.5 Å². The molecular formula is C17H26N2O. The van der Waals surface area contributed by atoms with E-state index in [1.807, 2.05) is 23.1 Å². The summed E-state index contributed by atoms with van der Waals surface area (Å²) < 4.78 is 0. The average Bonchev–Trinajstić information content (AvgIpc) is 2.46. The summed E-state index contributed by atoms with van der Waals surface area (Å²) in [6, 6.07) is 8.21. The summed E-state index contributed by atoms with van der Waals surface area (Å²) >= 11 is 0. The van der Waals surface area contributed by atoms with Crippen molar-refractivity contribution >= 4 is 11.6 Å². The zero-order valence-electron chi connectivity index (χ0n) is 12.6. The van der Waals surface area contributed by atoms with Gasteiger partial charge in [-0.3, -0.25) is 4.79 Å². The molecule has 0 spiro atoms. The fraction of sp³-hybridized carbons (Fsp3) is 0.588. The molecule has 2 unspecified atom stereocenters. The molecule has 1 amide bonds. The van der Waals surface area contributed by atoms with Crippen molar-refractivity contribution in [2.24, 2.45) is 11.7 Å². The number of hydrogen-bond acceptors (Lipinski definition) is 2. The number of benzene rings is 1. The van der Waals surface area contributed by atoms with E-state index < -0.39 is 0 Å². The SMILES string of the molecule is CCCCC(CC)C(=O)N1CC(N)Cc2ccccc21. The number of nitrogens with zero attached hydrogens (tertiary/aromatic N) is 1. The molecule has 1 aliphatic rings. The van der Waals surface area contributed by atoms with Gasteiger partial charge in [0.15, 0.2) is 0 Å². The van der Waals surface area contributed by atoms with Crippen molar-refractivity contribution in [3.05, 3.63) is 29.8 Å². The molecule has 0 saturated carbocycles. The quantitative estimate of drug-likeness (QED) is 0.896. The van der Waals surface area contributed by atoms with Gasteiger partial charge in [-0.15, -0.1) is 0 Å². The van der Waals surface area contributed by atoms with Gasteiger partial charge in [0, 0.05) is 24.2 Å². The number of para-hydroxylation sites is 1. The van der Waals surface area contributed by atoms with Crippen molar-refractivity contribution in [2.45, 2.75) is 52.0 Å². The Hall–Kier alpha value is -1.35. The van der Waals surface area contributed by atoms with Crippen LogP contribution >= 0.6 is 0 Å². The van der Waals surface area contributed by atoms with Crippen molar-refractivity contribution in [1.82, 2.24) is 0 Å². The van der Waals surface area contributed by atoms with Crippen LogP contribution < -0.4 is 10.6 Å². The summed E-state index contributed by atoms with van der Waals surface area (Å²) in [4.78, 5) is 14.7. The lowest BCUT2D eigenvalue weighted by atomic mass is 9.93. The number of amides is 1. The number of hydrogen-bond donors (Lipinski definition) is 1. The second kappa shape index (κ2) is 6.89. The van der Waals surface area contributed by atoms with E-state index in [4.69, 9.17) is 5.73 Å². The van der Waals surface area contributed by atoms with E-state index in [1.54, 1.807) is 0 Å². The largest absolute Gasteiger partial charge is 0.326 e. The van der Waals surface area contributed by atoms with Crippen LogP contribution in [0.4, 0.5) is 5.69 Å². The van der Waals surface area contributed by atoms with Crippen molar-refractivity contribution < 1.29 is 4.79 Å². The minimum absolute atomic E-state index is 0.0533. The highest BCUT2D eigenvalue weighted by molar-refractivity contribution is 5.96. The van der Waals surface area contributed by atoms with Gasteiger partial charge in [-0.2, -0.15) is 0 Å². The van der Waals surface area contributed by atoms with Crippen LogP contribution in [0.2, 0.25) is 0 Å². The van der Waals surface area contributed by atoms with Crippen molar-refractivity contribution in [2.75, 3.05) is 11.4 Å². The molecule has 1 heterocycles. The second-order valence-electron chi connectivity index (χ2n) is 5.79. The van der Waals surface area contributed by atoms with E-state index in [9.17, 15) is 4.79 Å². The molecule has 0 fully saturated rings. The summed E-state index contributed by atoms with van der Waals surface area (Å²) in [5.74, 6) is 0.386. The number of rotatable bonds is 5. The summed E-state index contributed by atoms with van der Waals surface area (Å²) in [6.07, 6.45) is 5.02. The molecule has 0 saturated heterocycles. The molecule has 20 heavy (non-hydrogen) atoms. The van der Waals surface area contributed by atoms with E-state index >= 15 is 0 Å². The van der Waals surface area contributed by atoms with Gasteiger partial charge < -0.3 is 10.6 Å². The lowest BCUT2D eigenvalue weighted by Crippen LogP contribution is -2.48. The number of unbranched alkanes of at least 4 members (excludes halogenated alkanes) is 1. The van der Waals surface area contributed by atoms with Crippen LogP contribution in [-0.2, 0) is 11.2 Å². The maximum absolute atomic E-state index is 12.8. The Balaban J connectivity index is 2.20. The summed E-state index contributed by atoms with van der Waals surface area (Å²) in [5, 5.41) is 0. The van der Waals surface area contributed by atoms with E-state index in [0.717, 1.165) is 37.8 Å². The van der Waals surface area contributed by atoms with Crippen LogP contribution in [0.25, 0.3) is 0 Å². The van der Waals surface area contributed by atoms with Gasteiger partial charge in [-0.1, -0.05) is 44.9 Å². The Bertz CT molecular complexity index is 458. The van der Waals surface area contributed by atoms with Gasteiger partial charge in [-0.25, -0.2) is 0 Å². The number of carbonyl (C=O) groups excluding carboxylic acids is 1. The van der Waals surface area contributed by atoms with E-state index in [0.29, 0.717) is 6.54 Å². The molecule has 0 bridgehead atoms. The normalized spacial score (nSPS) is 19.6. The first-order valence-corrected chi connectivity index (χ1v) is 7.82. The highest BCUT2D eigenvalue weighted by atomic mass is 16.2. The summed E-state index contributed by atoms with van der Waals surface area (Å²) in [7, 11) is 0. The molecule has 2 N–H and O–H groups in total. The predicted octanol–water partition coefficient (Wildman–Crippen LogP) is 3.12. The first kappa shape index (κ1) is 15.0. The number of nitrogens with two attached hydrogens (primary N) is 1. The molecule has 1 aliphatic heterocycles. The predicted molar refractivity (Wildman–Crippen MR) is 83.8 cm³/mol. The zero-order chi connectivity index (χ0) is 14.5. The van der Waals surface area contributed by atoms with Gasteiger partial charge in [-0.05, 0) is 30.9 Å². The van der Waals surface area contributed by atoms with E-state index in [1.165, 1.54) is 5.56 Å². The van der Waals surface area contributed by atoms with Crippen LogP contribution in [0.1, 0.15) is 45.1 Å². The summed E-state index contributed by atoms with van der Waals surface area (Å²) in [6.45, 7) is 4.93. The Kier molecular flexibility index (Phi) is 5.18. The van der Waals surface area contributed by atoms with E-state index in [2.05, 4.69) is 19.9 Å². The fourth-order valence-corrected chi connectivity index (χ4v) is 3.01. The molecule has 0 radical (unpaired) electrons. The molecule has 0 aromatic heterocycles. The number of carbonyl (C=O) groups is 1. The summed E-state index contributed by atoms with van der Waals surface area (Å²) in [5.41, 5.74) is 8.39. The Morgan fingerprint density at radius 3 is 2.85 bits per heavy atom. The maximum Gasteiger partial charge on any atom is 0.230 e. The standard InChI is InChI=1S/C17H26N2O/c1-3-5-8-13(4-2)17(20)19-12-15(18)11-14-9-6-7-10-16(14)19/h6-7,9-10,13,15H,3-5,8,11-12,18H2,1-2H3. The van der Waals surface area contributed by atoms with Gasteiger partial charge in [0.05, 0.1) is 0 Å². The molecule has 0 aliphatic carbocycles. The molecule has 3 nitrogen and oxygen atoms in total. The molecular weight excluding hydrogens is 248 g/mol. The first-order chi connectivity index (χ1) is 9.67. The Morgan fingerprint density at radius 2 is 2.15 bits per heavy atom. The van der Waals surface area contributed by atoms with Gasteiger partial charge in [0.2, 0.25) is 5.91 Å². The smallest absolute Gasteiger partial charge is 0.230 e. The van der Waals surface area contributed by atoms with Crippen molar-refractivity contribution in [3.63, 3.8) is 0 Å². The van der Waals surface area contributed by atoms with Crippen LogP contribution in [0.3, 0.4) is 0 Å². The number of anilines is 1. The lowest BCUT2D eigenvalue weighted by Gasteiger charge is -2.35. The third kappa shape index (κ3) is 3.21. The number of fused-ring (bicyclic) bond motifs is 1. The monoisotopic (exact) mass is 274 g/mol. The zero-order valence-corrected chi connectivity index (χ0v) is 12.6.